The van der Waals surface area contributed by atoms with Crippen molar-refractivity contribution >= 4 is 11.8 Å². The van der Waals surface area contributed by atoms with E-state index in [1.54, 1.807) is 10.9 Å². The number of aromatic nitrogens is 2. The number of nitrogens with zero attached hydrogens (tertiary/aromatic N) is 3. The first kappa shape index (κ1) is 16.0. The number of nitrogens with one attached hydrogen (secondary N) is 1. The summed E-state index contributed by atoms with van der Waals surface area (Å²) in [6.45, 7) is 2.77. The zero-order chi connectivity index (χ0) is 16.2. The Hall–Kier alpha value is -1.85. The summed E-state index contributed by atoms with van der Waals surface area (Å²) in [6, 6.07) is 2.19. The number of amides is 2. The lowest BCUT2D eigenvalue weighted by Crippen LogP contribution is -2.41. The standard InChI is InChI=1S/C17H26N4O2/c1-13-8-9-20(19-13)12-16(22)18-14-10-17(23)21(11-14)15-6-4-2-3-5-7-15/h8-9,14-15H,2-7,10-12H2,1H3,(H,18,22)/t14-/m0/s1. The molecule has 0 radical (unpaired) electrons. The van der Waals surface area contributed by atoms with E-state index in [-0.39, 0.29) is 24.4 Å². The van der Waals surface area contributed by atoms with Crippen molar-refractivity contribution in [2.75, 3.05) is 6.54 Å². The number of rotatable bonds is 4. The van der Waals surface area contributed by atoms with Crippen molar-refractivity contribution in [2.24, 2.45) is 0 Å². The third kappa shape index (κ3) is 4.12. The minimum atomic E-state index is -0.0754. The van der Waals surface area contributed by atoms with Crippen molar-refractivity contribution in [2.45, 2.75) is 70.5 Å². The average Bonchev–Trinajstić information content (AvgIpc) is 2.95. The van der Waals surface area contributed by atoms with Crippen LogP contribution in [0.1, 0.15) is 50.6 Å². The molecule has 1 saturated carbocycles. The number of likely N-dealkylation sites (tertiary alicyclic amines) is 1. The molecule has 0 bridgehead atoms. The van der Waals surface area contributed by atoms with Gasteiger partial charge in [-0.3, -0.25) is 14.3 Å². The number of hydrogen-bond acceptors (Lipinski definition) is 3. The first-order chi connectivity index (χ1) is 11.1. The molecule has 1 N–H and O–H groups in total. The van der Waals surface area contributed by atoms with Crippen molar-refractivity contribution in [1.82, 2.24) is 20.0 Å². The molecule has 0 spiro atoms. The summed E-state index contributed by atoms with van der Waals surface area (Å²) in [5.41, 5.74) is 0.897. The molecule has 6 nitrogen and oxygen atoms in total. The second-order valence-electron chi connectivity index (χ2n) is 6.81. The Morgan fingerprint density at radius 2 is 2.04 bits per heavy atom. The van der Waals surface area contributed by atoms with Gasteiger partial charge in [0, 0.05) is 25.2 Å². The summed E-state index contributed by atoms with van der Waals surface area (Å²) in [4.78, 5) is 26.4. The molecule has 0 aromatic carbocycles. The first-order valence-electron chi connectivity index (χ1n) is 8.71. The van der Waals surface area contributed by atoms with Gasteiger partial charge >= 0.3 is 0 Å². The Balaban J connectivity index is 1.51. The Bertz CT molecular complexity index is 561. The van der Waals surface area contributed by atoms with Gasteiger partial charge < -0.3 is 10.2 Å². The lowest BCUT2D eigenvalue weighted by atomic mass is 10.1. The molecule has 1 aromatic heterocycles. The summed E-state index contributed by atoms with van der Waals surface area (Å²) in [5.74, 6) is 0.116. The predicted molar refractivity (Wildman–Crippen MR) is 86.7 cm³/mol. The van der Waals surface area contributed by atoms with Crippen LogP contribution in [-0.2, 0) is 16.1 Å². The lowest BCUT2D eigenvalue weighted by molar-refractivity contribution is -0.129. The number of carbonyl (C=O) groups excluding carboxylic acids is 2. The Morgan fingerprint density at radius 3 is 2.70 bits per heavy atom. The highest BCUT2D eigenvalue weighted by molar-refractivity contribution is 5.82. The fourth-order valence-corrected chi connectivity index (χ4v) is 3.72. The summed E-state index contributed by atoms with van der Waals surface area (Å²) < 4.78 is 1.63. The van der Waals surface area contributed by atoms with E-state index in [1.165, 1.54) is 25.7 Å². The summed E-state index contributed by atoms with van der Waals surface area (Å²) >= 11 is 0. The van der Waals surface area contributed by atoms with Gasteiger partial charge in [-0.25, -0.2) is 0 Å². The molecule has 1 aromatic rings. The lowest BCUT2D eigenvalue weighted by Gasteiger charge is -2.27. The molecule has 1 aliphatic carbocycles. The molecule has 2 heterocycles. The highest BCUT2D eigenvalue weighted by atomic mass is 16.2. The van der Waals surface area contributed by atoms with Crippen molar-refractivity contribution in [3.8, 4) is 0 Å². The van der Waals surface area contributed by atoms with Crippen molar-refractivity contribution < 1.29 is 9.59 Å². The van der Waals surface area contributed by atoms with E-state index in [2.05, 4.69) is 10.4 Å². The smallest absolute Gasteiger partial charge is 0.242 e. The van der Waals surface area contributed by atoms with Crippen LogP contribution in [0.5, 0.6) is 0 Å². The molecular formula is C17H26N4O2. The summed E-state index contributed by atoms with van der Waals surface area (Å²) in [6.07, 6.45) is 9.43. The van der Waals surface area contributed by atoms with Crippen LogP contribution in [0.15, 0.2) is 12.3 Å². The monoisotopic (exact) mass is 318 g/mol. The molecule has 2 fully saturated rings. The average molecular weight is 318 g/mol. The molecule has 23 heavy (non-hydrogen) atoms. The molecule has 2 aliphatic rings. The minimum absolute atomic E-state index is 0.0603. The van der Waals surface area contributed by atoms with Gasteiger partial charge in [-0.05, 0) is 25.8 Å². The van der Waals surface area contributed by atoms with Crippen LogP contribution in [0.25, 0.3) is 0 Å². The van der Waals surface area contributed by atoms with Crippen molar-refractivity contribution in [1.29, 1.82) is 0 Å². The van der Waals surface area contributed by atoms with E-state index < -0.39 is 0 Å². The van der Waals surface area contributed by atoms with Gasteiger partial charge in [-0.1, -0.05) is 25.7 Å². The largest absolute Gasteiger partial charge is 0.349 e. The fourth-order valence-electron chi connectivity index (χ4n) is 3.72. The minimum Gasteiger partial charge on any atom is -0.349 e. The van der Waals surface area contributed by atoms with Gasteiger partial charge in [-0.15, -0.1) is 0 Å². The van der Waals surface area contributed by atoms with Crippen LogP contribution in [0.2, 0.25) is 0 Å². The molecular weight excluding hydrogens is 292 g/mol. The van der Waals surface area contributed by atoms with E-state index in [9.17, 15) is 9.59 Å². The van der Waals surface area contributed by atoms with Crippen molar-refractivity contribution in [3.63, 3.8) is 0 Å². The molecule has 0 unspecified atom stereocenters. The van der Waals surface area contributed by atoms with E-state index >= 15 is 0 Å². The van der Waals surface area contributed by atoms with Gasteiger partial charge in [0.05, 0.1) is 11.7 Å². The Morgan fingerprint density at radius 1 is 1.30 bits per heavy atom. The van der Waals surface area contributed by atoms with E-state index in [0.717, 1.165) is 18.5 Å². The fraction of sp³-hybridized carbons (Fsp3) is 0.706. The Labute approximate surface area is 137 Å². The topological polar surface area (TPSA) is 67.2 Å². The maximum atomic E-state index is 12.3. The molecule has 126 valence electrons. The second-order valence-corrected chi connectivity index (χ2v) is 6.81. The highest BCUT2D eigenvalue weighted by Gasteiger charge is 2.35. The molecule has 3 rings (SSSR count). The molecule has 1 aliphatic heterocycles. The van der Waals surface area contributed by atoms with Crippen LogP contribution in [0.3, 0.4) is 0 Å². The SMILES string of the molecule is Cc1ccn(CC(=O)N[C@H]2CC(=O)N(C3CCCCCC3)C2)n1. The highest BCUT2D eigenvalue weighted by Crippen LogP contribution is 2.25. The van der Waals surface area contributed by atoms with Gasteiger partial charge in [0.1, 0.15) is 6.54 Å². The molecule has 6 heteroatoms. The normalized spacial score (nSPS) is 23.1. The number of carbonyl (C=O) groups is 2. The first-order valence-corrected chi connectivity index (χ1v) is 8.71. The third-order valence-electron chi connectivity index (χ3n) is 4.87. The van der Waals surface area contributed by atoms with Gasteiger partial charge in [0.2, 0.25) is 11.8 Å². The predicted octanol–water partition coefficient (Wildman–Crippen LogP) is 1.63. The van der Waals surface area contributed by atoms with Gasteiger partial charge in [0.25, 0.3) is 0 Å². The molecule has 2 amide bonds. The van der Waals surface area contributed by atoms with Crippen LogP contribution < -0.4 is 5.32 Å². The van der Waals surface area contributed by atoms with Gasteiger partial charge in [-0.2, -0.15) is 5.10 Å². The zero-order valence-corrected chi connectivity index (χ0v) is 13.8. The van der Waals surface area contributed by atoms with E-state index in [0.29, 0.717) is 19.0 Å². The maximum Gasteiger partial charge on any atom is 0.242 e. The number of hydrogen-bond donors (Lipinski definition) is 1. The third-order valence-corrected chi connectivity index (χ3v) is 4.87. The Kier molecular flexibility index (Phi) is 4.98. The number of aryl methyl sites for hydroxylation is 1. The van der Waals surface area contributed by atoms with Gasteiger partial charge in [0.15, 0.2) is 0 Å². The quantitative estimate of drug-likeness (QED) is 0.858. The zero-order valence-electron chi connectivity index (χ0n) is 13.8. The van der Waals surface area contributed by atoms with Crippen LogP contribution in [0, 0.1) is 6.92 Å². The summed E-state index contributed by atoms with van der Waals surface area (Å²) in [7, 11) is 0. The molecule has 1 atom stereocenters. The second kappa shape index (κ2) is 7.15. The van der Waals surface area contributed by atoms with Crippen molar-refractivity contribution in [3.05, 3.63) is 18.0 Å². The van der Waals surface area contributed by atoms with E-state index in [1.807, 2.05) is 17.9 Å². The molecule has 1 saturated heterocycles. The van der Waals surface area contributed by atoms with Crippen LogP contribution in [-0.4, -0.2) is 45.1 Å². The maximum absolute atomic E-state index is 12.3. The van der Waals surface area contributed by atoms with Crippen LogP contribution >= 0.6 is 0 Å². The summed E-state index contributed by atoms with van der Waals surface area (Å²) in [5, 5.41) is 7.21. The van der Waals surface area contributed by atoms with Crippen LogP contribution in [0.4, 0.5) is 0 Å². The van der Waals surface area contributed by atoms with E-state index in [4.69, 9.17) is 0 Å².